The van der Waals surface area contributed by atoms with Gasteiger partial charge < -0.3 is 20.2 Å². The normalized spacial score (nSPS) is 12.4. The predicted molar refractivity (Wildman–Crippen MR) is 74.0 cm³/mol. The third-order valence-corrected chi connectivity index (χ3v) is 2.98. The molecule has 2 aromatic rings. The van der Waals surface area contributed by atoms with Gasteiger partial charge in [-0.15, -0.1) is 0 Å². The molecular weight excluding hydrogens is 242 g/mol. The lowest BCUT2D eigenvalue weighted by Gasteiger charge is -2.08. The number of para-hydroxylation sites is 1. The van der Waals surface area contributed by atoms with Crippen molar-refractivity contribution in [2.24, 2.45) is 5.73 Å². The van der Waals surface area contributed by atoms with Crippen molar-refractivity contribution in [1.82, 2.24) is 9.97 Å². The smallest absolute Gasteiger partial charge is 0.128 e. The zero-order chi connectivity index (χ0) is 13.7. The van der Waals surface area contributed by atoms with Crippen LogP contribution in [0, 0.1) is 0 Å². The molecule has 3 N–H and O–H groups in total. The summed E-state index contributed by atoms with van der Waals surface area (Å²) in [4.78, 5) is 7.57. The van der Waals surface area contributed by atoms with Crippen LogP contribution < -0.4 is 10.5 Å². The van der Waals surface area contributed by atoms with Crippen LogP contribution in [0.15, 0.2) is 30.5 Å². The van der Waals surface area contributed by atoms with Crippen molar-refractivity contribution in [3.63, 3.8) is 0 Å². The molecule has 2 rings (SSSR count). The molecule has 1 aromatic heterocycles. The molecule has 1 heterocycles. The Morgan fingerprint density at radius 1 is 1.32 bits per heavy atom. The molecule has 0 aliphatic carbocycles. The molecule has 1 aromatic carbocycles. The number of nitrogens with two attached hydrogens (primary N) is 1. The van der Waals surface area contributed by atoms with Crippen molar-refractivity contribution >= 4 is 0 Å². The van der Waals surface area contributed by atoms with E-state index >= 15 is 0 Å². The molecule has 0 aliphatic rings. The molecule has 0 radical (unpaired) electrons. The number of hydrogen-bond donors (Lipinski definition) is 2. The average Bonchev–Trinajstić information content (AvgIpc) is 2.94. The van der Waals surface area contributed by atoms with Gasteiger partial charge in [-0.05, 0) is 18.6 Å². The van der Waals surface area contributed by atoms with E-state index in [1.54, 1.807) is 20.4 Å². The van der Waals surface area contributed by atoms with Crippen LogP contribution in [0.1, 0.15) is 18.3 Å². The van der Waals surface area contributed by atoms with Crippen molar-refractivity contribution in [3.8, 4) is 17.0 Å². The summed E-state index contributed by atoms with van der Waals surface area (Å²) in [5.74, 6) is 1.57. The van der Waals surface area contributed by atoms with Gasteiger partial charge in [0.1, 0.15) is 11.6 Å². The monoisotopic (exact) mass is 261 g/mol. The Bertz CT molecular complexity index is 525. The Morgan fingerprint density at radius 2 is 2.11 bits per heavy atom. The zero-order valence-electron chi connectivity index (χ0n) is 11.2. The van der Waals surface area contributed by atoms with Gasteiger partial charge in [-0.25, -0.2) is 4.98 Å². The van der Waals surface area contributed by atoms with Gasteiger partial charge >= 0.3 is 0 Å². The lowest BCUT2D eigenvalue weighted by atomic mass is 10.1. The molecule has 0 amide bonds. The number of rotatable bonds is 6. The second kappa shape index (κ2) is 6.36. The third kappa shape index (κ3) is 3.13. The second-order valence-electron chi connectivity index (χ2n) is 4.27. The number of hydrogen-bond acceptors (Lipinski definition) is 4. The summed E-state index contributed by atoms with van der Waals surface area (Å²) < 4.78 is 10.4. The van der Waals surface area contributed by atoms with Gasteiger partial charge in [0.05, 0.1) is 25.0 Å². The molecule has 1 unspecified atom stereocenters. The number of aromatic nitrogens is 2. The maximum absolute atomic E-state index is 6.04. The fourth-order valence-electron chi connectivity index (χ4n) is 1.91. The third-order valence-electron chi connectivity index (χ3n) is 2.98. The fourth-order valence-corrected chi connectivity index (χ4v) is 1.91. The Hall–Kier alpha value is -1.85. The fraction of sp³-hybridized carbons (Fsp3) is 0.357. The van der Waals surface area contributed by atoms with E-state index in [9.17, 15) is 0 Å². The quantitative estimate of drug-likeness (QED) is 0.835. The summed E-state index contributed by atoms with van der Waals surface area (Å²) in [6.07, 6.45) is 2.51. The minimum absolute atomic E-state index is 0.150. The van der Waals surface area contributed by atoms with Gasteiger partial charge in [0.25, 0.3) is 0 Å². The van der Waals surface area contributed by atoms with Gasteiger partial charge in [-0.2, -0.15) is 0 Å². The minimum atomic E-state index is -0.150. The van der Waals surface area contributed by atoms with Gasteiger partial charge in [0.15, 0.2) is 0 Å². The highest BCUT2D eigenvalue weighted by Gasteiger charge is 2.12. The van der Waals surface area contributed by atoms with Gasteiger partial charge in [0.2, 0.25) is 0 Å². The van der Waals surface area contributed by atoms with Crippen LogP contribution in [0.25, 0.3) is 11.3 Å². The molecule has 5 nitrogen and oxygen atoms in total. The van der Waals surface area contributed by atoms with Crippen molar-refractivity contribution in [2.75, 3.05) is 20.8 Å². The minimum Gasteiger partial charge on any atom is -0.496 e. The Kier molecular flexibility index (Phi) is 4.54. The number of H-pyrrole nitrogens is 1. The first-order chi connectivity index (χ1) is 9.26. The van der Waals surface area contributed by atoms with Gasteiger partial charge in [-0.3, -0.25) is 0 Å². The lowest BCUT2D eigenvalue weighted by Crippen LogP contribution is -2.14. The van der Waals surface area contributed by atoms with E-state index in [0.717, 1.165) is 29.3 Å². The van der Waals surface area contributed by atoms with Crippen molar-refractivity contribution in [3.05, 3.63) is 36.3 Å². The van der Waals surface area contributed by atoms with E-state index in [4.69, 9.17) is 15.2 Å². The highest BCUT2D eigenvalue weighted by Crippen LogP contribution is 2.28. The number of methoxy groups -OCH3 is 2. The molecule has 5 heteroatoms. The van der Waals surface area contributed by atoms with Crippen LogP contribution in [0.2, 0.25) is 0 Å². The number of aromatic amines is 1. The Morgan fingerprint density at radius 3 is 2.84 bits per heavy atom. The van der Waals surface area contributed by atoms with Crippen LogP contribution >= 0.6 is 0 Å². The van der Waals surface area contributed by atoms with E-state index in [1.165, 1.54) is 0 Å². The first-order valence-corrected chi connectivity index (χ1v) is 6.19. The molecule has 0 saturated carbocycles. The SMILES string of the molecule is COCCC(N)c1ncc(-c2ccccc2OC)[nH]1. The molecule has 102 valence electrons. The standard InChI is InChI=1S/C14H19N3O2/c1-18-8-7-11(15)14-16-9-12(17-14)10-5-3-4-6-13(10)19-2/h3-6,9,11H,7-8,15H2,1-2H3,(H,16,17). The highest BCUT2D eigenvalue weighted by atomic mass is 16.5. The molecule has 0 bridgehead atoms. The number of imidazole rings is 1. The topological polar surface area (TPSA) is 73.2 Å². The summed E-state index contributed by atoms with van der Waals surface area (Å²) >= 11 is 0. The molecule has 19 heavy (non-hydrogen) atoms. The summed E-state index contributed by atoms with van der Waals surface area (Å²) in [5, 5.41) is 0. The summed E-state index contributed by atoms with van der Waals surface area (Å²) in [5.41, 5.74) is 7.92. The van der Waals surface area contributed by atoms with E-state index in [-0.39, 0.29) is 6.04 Å². The molecule has 0 fully saturated rings. The Labute approximate surface area is 112 Å². The molecule has 0 saturated heterocycles. The number of nitrogens with zero attached hydrogens (tertiary/aromatic N) is 1. The van der Waals surface area contributed by atoms with Crippen LogP contribution in [-0.4, -0.2) is 30.8 Å². The van der Waals surface area contributed by atoms with Crippen LogP contribution in [0.3, 0.4) is 0 Å². The van der Waals surface area contributed by atoms with Crippen molar-refractivity contribution in [1.29, 1.82) is 0 Å². The Balaban J connectivity index is 2.20. The van der Waals surface area contributed by atoms with E-state index in [0.29, 0.717) is 6.61 Å². The van der Waals surface area contributed by atoms with E-state index in [2.05, 4.69) is 9.97 Å². The lowest BCUT2D eigenvalue weighted by molar-refractivity contribution is 0.187. The maximum Gasteiger partial charge on any atom is 0.128 e. The predicted octanol–water partition coefficient (Wildman–Crippen LogP) is 2.12. The zero-order valence-corrected chi connectivity index (χ0v) is 11.2. The molecule has 0 aliphatic heterocycles. The van der Waals surface area contributed by atoms with E-state index in [1.807, 2.05) is 24.3 Å². The summed E-state index contributed by atoms with van der Waals surface area (Å²) in [6, 6.07) is 7.65. The number of benzene rings is 1. The molecular formula is C14H19N3O2. The second-order valence-corrected chi connectivity index (χ2v) is 4.27. The molecule has 0 spiro atoms. The van der Waals surface area contributed by atoms with Crippen molar-refractivity contribution in [2.45, 2.75) is 12.5 Å². The van der Waals surface area contributed by atoms with Crippen LogP contribution in [0.5, 0.6) is 5.75 Å². The van der Waals surface area contributed by atoms with Gasteiger partial charge in [-0.1, -0.05) is 12.1 Å². The van der Waals surface area contributed by atoms with E-state index < -0.39 is 0 Å². The van der Waals surface area contributed by atoms with Gasteiger partial charge in [0, 0.05) is 19.3 Å². The number of ether oxygens (including phenoxy) is 2. The molecule has 1 atom stereocenters. The number of nitrogens with one attached hydrogen (secondary N) is 1. The summed E-state index contributed by atoms with van der Waals surface area (Å²) in [7, 11) is 3.32. The van der Waals surface area contributed by atoms with Crippen LogP contribution in [-0.2, 0) is 4.74 Å². The first-order valence-electron chi connectivity index (χ1n) is 6.19. The first kappa shape index (κ1) is 13.6. The van der Waals surface area contributed by atoms with Crippen molar-refractivity contribution < 1.29 is 9.47 Å². The average molecular weight is 261 g/mol. The largest absolute Gasteiger partial charge is 0.496 e. The summed E-state index contributed by atoms with van der Waals surface area (Å²) in [6.45, 7) is 0.617. The maximum atomic E-state index is 6.04. The highest BCUT2D eigenvalue weighted by molar-refractivity contribution is 5.66. The van der Waals surface area contributed by atoms with Crippen LogP contribution in [0.4, 0.5) is 0 Å².